The van der Waals surface area contributed by atoms with E-state index in [9.17, 15) is 18.0 Å². The first kappa shape index (κ1) is 14.8. The Hall–Kier alpha value is -1.58. The number of carboxylic acid groups (broad SMARTS) is 1. The third-order valence-corrected chi connectivity index (χ3v) is 5.52. The number of amides is 1. The Labute approximate surface area is 120 Å². The third-order valence-electron chi connectivity index (χ3n) is 2.65. The smallest absolute Gasteiger partial charge is 0.318 e. The zero-order chi connectivity index (χ0) is 14.9. The minimum atomic E-state index is -3.89. The Balaban J connectivity index is 2.36. The van der Waals surface area contributed by atoms with E-state index in [1.54, 1.807) is 6.07 Å². The molecule has 0 unspecified atom stereocenters. The van der Waals surface area contributed by atoms with E-state index in [0.29, 0.717) is 5.69 Å². The third kappa shape index (κ3) is 2.94. The molecule has 0 bridgehead atoms. The van der Waals surface area contributed by atoms with Crippen LogP contribution in [0.15, 0.2) is 28.0 Å². The summed E-state index contributed by atoms with van der Waals surface area (Å²) in [5.41, 5.74) is 0.427. The normalized spacial score (nSPS) is 14.8. The summed E-state index contributed by atoms with van der Waals surface area (Å²) < 4.78 is 25.1. The first-order valence-electron chi connectivity index (χ1n) is 5.55. The second-order valence-electron chi connectivity index (χ2n) is 4.15. The van der Waals surface area contributed by atoms with Gasteiger partial charge in [-0.15, -0.1) is 11.8 Å². The Morgan fingerprint density at radius 2 is 2.20 bits per heavy atom. The number of aliphatic carboxylic acids is 1. The van der Waals surface area contributed by atoms with E-state index in [1.807, 2.05) is 0 Å². The van der Waals surface area contributed by atoms with E-state index < -0.39 is 22.5 Å². The van der Waals surface area contributed by atoms with Crippen molar-refractivity contribution in [2.45, 2.75) is 9.79 Å². The van der Waals surface area contributed by atoms with E-state index in [1.165, 1.54) is 30.9 Å². The number of carboxylic acids is 1. The lowest BCUT2D eigenvalue weighted by Crippen LogP contribution is -2.32. The van der Waals surface area contributed by atoms with Crippen molar-refractivity contribution in [3.63, 3.8) is 0 Å². The van der Waals surface area contributed by atoms with Gasteiger partial charge in [-0.2, -0.15) is 4.31 Å². The average molecular weight is 316 g/mol. The Morgan fingerprint density at radius 1 is 1.50 bits per heavy atom. The monoisotopic (exact) mass is 316 g/mol. The molecule has 0 fully saturated rings. The van der Waals surface area contributed by atoms with Gasteiger partial charge in [0.15, 0.2) is 0 Å². The molecule has 0 spiro atoms. The molecule has 108 valence electrons. The number of nitrogens with one attached hydrogen (secondary N) is 1. The Bertz CT molecular complexity index is 671. The van der Waals surface area contributed by atoms with E-state index >= 15 is 0 Å². The summed E-state index contributed by atoms with van der Waals surface area (Å²) in [4.78, 5) is 22.6. The number of hydrogen-bond donors (Lipinski definition) is 2. The maximum absolute atomic E-state index is 12.2. The van der Waals surface area contributed by atoms with Crippen LogP contribution >= 0.6 is 11.8 Å². The van der Waals surface area contributed by atoms with Gasteiger partial charge in [-0.05, 0) is 18.2 Å². The van der Waals surface area contributed by atoms with Gasteiger partial charge in [0.05, 0.1) is 16.3 Å². The number of rotatable bonds is 4. The zero-order valence-corrected chi connectivity index (χ0v) is 12.1. The molecule has 0 atom stereocenters. The highest BCUT2D eigenvalue weighted by atomic mass is 32.2. The number of fused-ring (bicyclic) bond motifs is 1. The number of nitrogens with zero attached hydrogens (tertiary/aromatic N) is 1. The molecular weight excluding hydrogens is 304 g/mol. The minimum absolute atomic E-state index is 0.0530. The lowest BCUT2D eigenvalue weighted by molar-refractivity contribution is -0.137. The maximum atomic E-state index is 12.2. The standard InChI is InChI=1S/C11H12N2O5S2/c1-13(5-11(15)16)20(17,18)7-2-3-9-8(4-7)12-10(14)6-19-9/h2-4H,5-6H2,1H3,(H,12,14)(H,15,16). The number of benzene rings is 1. The van der Waals surface area contributed by atoms with Crippen LogP contribution < -0.4 is 5.32 Å². The molecule has 0 aliphatic carbocycles. The van der Waals surface area contributed by atoms with Gasteiger partial charge in [-0.3, -0.25) is 9.59 Å². The molecule has 0 saturated carbocycles. The van der Waals surface area contributed by atoms with Crippen LogP contribution in [0.25, 0.3) is 0 Å². The quantitative estimate of drug-likeness (QED) is 0.835. The lowest BCUT2D eigenvalue weighted by atomic mass is 10.3. The number of carbonyl (C=O) groups is 2. The predicted octanol–water partition coefficient (Wildman–Crippen LogP) is 0.436. The molecule has 0 aromatic heterocycles. The molecule has 2 N–H and O–H groups in total. The van der Waals surface area contributed by atoms with E-state index in [4.69, 9.17) is 5.11 Å². The highest BCUT2D eigenvalue weighted by Crippen LogP contribution is 2.33. The number of thioether (sulfide) groups is 1. The van der Waals surface area contributed by atoms with Crippen molar-refractivity contribution in [3.8, 4) is 0 Å². The molecule has 1 aromatic rings. The van der Waals surface area contributed by atoms with Crippen LogP contribution in [0.3, 0.4) is 0 Å². The highest BCUT2D eigenvalue weighted by molar-refractivity contribution is 8.00. The van der Waals surface area contributed by atoms with Gasteiger partial charge in [0.2, 0.25) is 15.9 Å². The lowest BCUT2D eigenvalue weighted by Gasteiger charge is -2.19. The molecule has 1 aromatic carbocycles. The number of carbonyl (C=O) groups excluding carboxylic acids is 1. The number of hydrogen-bond acceptors (Lipinski definition) is 5. The van der Waals surface area contributed by atoms with E-state index in [0.717, 1.165) is 9.20 Å². The van der Waals surface area contributed by atoms with Crippen molar-refractivity contribution in [2.75, 3.05) is 24.7 Å². The molecule has 1 aliphatic heterocycles. The first-order chi connectivity index (χ1) is 9.30. The minimum Gasteiger partial charge on any atom is -0.480 e. The second kappa shape index (κ2) is 5.43. The van der Waals surface area contributed by atoms with Crippen LogP contribution in [-0.4, -0.2) is 49.1 Å². The van der Waals surface area contributed by atoms with Gasteiger partial charge in [0, 0.05) is 11.9 Å². The van der Waals surface area contributed by atoms with Gasteiger partial charge >= 0.3 is 5.97 Å². The molecule has 7 nitrogen and oxygen atoms in total. The van der Waals surface area contributed by atoms with Crippen molar-refractivity contribution < 1.29 is 23.1 Å². The number of anilines is 1. The summed E-state index contributed by atoms with van der Waals surface area (Å²) in [5.74, 6) is -1.15. The van der Waals surface area contributed by atoms with Crippen LogP contribution in [0, 0.1) is 0 Å². The molecule has 9 heteroatoms. The fraction of sp³-hybridized carbons (Fsp3) is 0.273. The van der Waals surface area contributed by atoms with Crippen LogP contribution in [-0.2, 0) is 19.6 Å². The molecule has 20 heavy (non-hydrogen) atoms. The molecule has 1 aliphatic rings. The molecule has 1 heterocycles. The van der Waals surface area contributed by atoms with Gasteiger partial charge < -0.3 is 10.4 Å². The summed E-state index contributed by atoms with van der Waals surface area (Å²) in [6.45, 7) is -0.624. The molecule has 0 saturated heterocycles. The topological polar surface area (TPSA) is 104 Å². The van der Waals surface area contributed by atoms with Crippen molar-refractivity contribution in [2.24, 2.45) is 0 Å². The van der Waals surface area contributed by atoms with Gasteiger partial charge in [0.25, 0.3) is 0 Å². The van der Waals surface area contributed by atoms with E-state index in [2.05, 4.69) is 5.32 Å². The first-order valence-corrected chi connectivity index (χ1v) is 7.98. The molecule has 0 radical (unpaired) electrons. The fourth-order valence-corrected chi connectivity index (χ4v) is 3.61. The average Bonchev–Trinajstić information content (AvgIpc) is 2.36. The zero-order valence-electron chi connectivity index (χ0n) is 10.5. The molecule has 2 rings (SSSR count). The predicted molar refractivity (Wildman–Crippen MR) is 73.2 cm³/mol. The summed E-state index contributed by atoms with van der Waals surface area (Å²) in [7, 11) is -2.70. The van der Waals surface area contributed by atoms with Crippen LogP contribution in [0.4, 0.5) is 5.69 Å². The van der Waals surface area contributed by atoms with Crippen molar-refractivity contribution in [1.82, 2.24) is 4.31 Å². The van der Waals surface area contributed by atoms with Crippen LogP contribution in [0.5, 0.6) is 0 Å². The molecular formula is C11H12N2O5S2. The van der Waals surface area contributed by atoms with Crippen LogP contribution in [0.1, 0.15) is 0 Å². The second-order valence-corrected chi connectivity index (χ2v) is 7.21. The van der Waals surface area contributed by atoms with Crippen molar-refractivity contribution >= 4 is 39.3 Å². The van der Waals surface area contributed by atoms with Crippen molar-refractivity contribution in [3.05, 3.63) is 18.2 Å². The summed E-state index contributed by atoms with van der Waals surface area (Å²) in [6.07, 6.45) is 0. The van der Waals surface area contributed by atoms with Gasteiger partial charge in [-0.1, -0.05) is 0 Å². The Kier molecular flexibility index (Phi) is 4.02. The van der Waals surface area contributed by atoms with Crippen molar-refractivity contribution in [1.29, 1.82) is 0 Å². The molecule has 1 amide bonds. The van der Waals surface area contributed by atoms with E-state index in [-0.39, 0.29) is 16.6 Å². The van der Waals surface area contributed by atoms with Crippen LogP contribution in [0.2, 0.25) is 0 Å². The summed E-state index contributed by atoms with van der Waals surface area (Å²) >= 11 is 1.32. The highest BCUT2D eigenvalue weighted by Gasteiger charge is 2.25. The fourth-order valence-electron chi connectivity index (χ4n) is 1.68. The van der Waals surface area contributed by atoms with Gasteiger partial charge in [-0.25, -0.2) is 8.42 Å². The summed E-state index contributed by atoms with van der Waals surface area (Å²) in [5, 5.41) is 11.2. The SMILES string of the molecule is CN(CC(=O)O)S(=O)(=O)c1ccc2c(c1)NC(=O)CS2. The number of likely N-dealkylation sites (N-methyl/N-ethyl adjacent to an activating group) is 1. The number of sulfonamides is 1. The maximum Gasteiger partial charge on any atom is 0.318 e. The van der Waals surface area contributed by atoms with Gasteiger partial charge in [0.1, 0.15) is 6.54 Å². The summed E-state index contributed by atoms with van der Waals surface area (Å²) in [6, 6.07) is 4.34. The Morgan fingerprint density at radius 3 is 2.85 bits per heavy atom. The largest absolute Gasteiger partial charge is 0.480 e.